The van der Waals surface area contributed by atoms with Crippen LogP contribution in [0.1, 0.15) is 35.2 Å². The first-order valence-corrected chi connectivity index (χ1v) is 11.3. The molecule has 33 heavy (non-hydrogen) atoms. The molecular weight excluding hydrogens is 427 g/mol. The van der Waals surface area contributed by atoms with Crippen molar-refractivity contribution < 1.29 is 13.2 Å². The summed E-state index contributed by atoms with van der Waals surface area (Å²) in [5.74, 6) is 0.588. The van der Waals surface area contributed by atoms with Crippen molar-refractivity contribution in [3.05, 3.63) is 58.8 Å². The van der Waals surface area contributed by atoms with Crippen molar-refractivity contribution in [2.24, 2.45) is 0 Å². The number of hydrogen-bond donors (Lipinski definition) is 1. The zero-order chi connectivity index (χ0) is 23.4. The highest BCUT2D eigenvalue weighted by Crippen LogP contribution is 2.44. The van der Waals surface area contributed by atoms with Crippen LogP contribution >= 0.6 is 0 Å². The standard InChI is InChI=1S/C25H28F3N5/c1-16-18(5-4-6-22(16)25(26,27)28)14-29-23-21-13-19(7-8-20(21)17(2)30-31-23)33-12-11-32(3)24(15-33)9-10-24/h4-8,13H,9-12,14-15H2,1-3H3,(H,29,31). The SMILES string of the molecule is Cc1c(CNc2nnc(C)c3ccc(N4CCN(C)C5(CC5)C4)cc23)cccc1C(F)(F)F. The van der Waals surface area contributed by atoms with Gasteiger partial charge in [0.2, 0.25) is 0 Å². The Morgan fingerprint density at radius 3 is 2.55 bits per heavy atom. The van der Waals surface area contributed by atoms with Crippen molar-refractivity contribution in [1.29, 1.82) is 0 Å². The number of benzene rings is 2. The molecule has 1 aromatic heterocycles. The third-order valence-electron chi connectivity index (χ3n) is 7.34. The zero-order valence-corrected chi connectivity index (χ0v) is 19.1. The molecule has 2 aliphatic rings. The van der Waals surface area contributed by atoms with E-state index in [1.165, 1.54) is 25.8 Å². The number of alkyl halides is 3. The van der Waals surface area contributed by atoms with Gasteiger partial charge in [-0.25, -0.2) is 0 Å². The van der Waals surface area contributed by atoms with Crippen LogP contribution in [0.25, 0.3) is 10.8 Å². The Labute approximate surface area is 191 Å². The summed E-state index contributed by atoms with van der Waals surface area (Å²) in [7, 11) is 2.21. The Bertz CT molecular complexity index is 1200. The molecule has 1 N–H and O–H groups in total. The first kappa shape index (κ1) is 21.9. The molecule has 2 aromatic carbocycles. The van der Waals surface area contributed by atoms with Crippen LogP contribution in [0.3, 0.4) is 0 Å². The van der Waals surface area contributed by atoms with Gasteiger partial charge in [0.1, 0.15) is 0 Å². The van der Waals surface area contributed by atoms with E-state index in [1.54, 1.807) is 6.07 Å². The molecule has 0 unspecified atom stereocenters. The summed E-state index contributed by atoms with van der Waals surface area (Å²) in [6.07, 6.45) is -1.89. The quantitative estimate of drug-likeness (QED) is 0.589. The molecule has 0 amide bonds. The lowest BCUT2D eigenvalue weighted by atomic mass is 10.0. The minimum atomic E-state index is -4.37. The molecule has 0 atom stereocenters. The summed E-state index contributed by atoms with van der Waals surface area (Å²) in [5.41, 5.74) is 2.50. The second-order valence-corrected chi connectivity index (χ2v) is 9.37. The highest BCUT2D eigenvalue weighted by Gasteiger charge is 2.49. The molecule has 174 valence electrons. The van der Waals surface area contributed by atoms with Gasteiger partial charge in [0.25, 0.3) is 0 Å². The lowest BCUT2D eigenvalue weighted by molar-refractivity contribution is -0.138. The van der Waals surface area contributed by atoms with Crippen LogP contribution in [0.2, 0.25) is 0 Å². The molecule has 5 nitrogen and oxygen atoms in total. The monoisotopic (exact) mass is 455 g/mol. The normalized spacial score (nSPS) is 18.2. The van der Waals surface area contributed by atoms with Crippen LogP contribution in [0.4, 0.5) is 24.7 Å². The zero-order valence-electron chi connectivity index (χ0n) is 19.1. The predicted molar refractivity (Wildman–Crippen MR) is 125 cm³/mol. The number of rotatable bonds is 4. The van der Waals surface area contributed by atoms with E-state index in [0.717, 1.165) is 47.9 Å². The Balaban J connectivity index is 1.44. The average molecular weight is 456 g/mol. The third kappa shape index (κ3) is 4.01. The first-order valence-electron chi connectivity index (χ1n) is 11.3. The number of aromatic nitrogens is 2. The summed E-state index contributed by atoms with van der Waals surface area (Å²) in [6, 6.07) is 10.6. The van der Waals surface area contributed by atoms with Gasteiger partial charge in [-0.3, -0.25) is 4.90 Å². The minimum Gasteiger partial charge on any atom is -0.368 e. The number of aryl methyl sites for hydroxylation is 1. The fourth-order valence-corrected chi connectivity index (χ4v) is 4.93. The first-order chi connectivity index (χ1) is 15.7. The number of nitrogens with one attached hydrogen (secondary N) is 1. The van der Waals surface area contributed by atoms with Crippen molar-refractivity contribution in [2.75, 3.05) is 36.9 Å². The van der Waals surface area contributed by atoms with Gasteiger partial charge in [-0.2, -0.15) is 18.3 Å². The summed E-state index contributed by atoms with van der Waals surface area (Å²) in [5, 5.41) is 13.8. The van der Waals surface area contributed by atoms with Crippen molar-refractivity contribution in [3.8, 4) is 0 Å². The predicted octanol–water partition coefficient (Wildman–Crippen LogP) is 5.16. The van der Waals surface area contributed by atoms with Gasteiger partial charge in [-0.1, -0.05) is 18.2 Å². The molecule has 1 saturated carbocycles. The van der Waals surface area contributed by atoms with E-state index in [4.69, 9.17) is 0 Å². The highest BCUT2D eigenvalue weighted by molar-refractivity contribution is 5.95. The lowest BCUT2D eigenvalue weighted by Gasteiger charge is -2.41. The Hall–Kier alpha value is -2.87. The van der Waals surface area contributed by atoms with E-state index in [2.05, 4.69) is 50.6 Å². The van der Waals surface area contributed by atoms with E-state index in [-0.39, 0.29) is 12.1 Å². The Kier molecular flexibility index (Phi) is 5.23. The lowest BCUT2D eigenvalue weighted by Crippen LogP contribution is -2.53. The van der Waals surface area contributed by atoms with E-state index < -0.39 is 11.7 Å². The van der Waals surface area contributed by atoms with Crippen LogP contribution in [-0.4, -0.2) is 47.3 Å². The van der Waals surface area contributed by atoms with Crippen LogP contribution in [0.15, 0.2) is 36.4 Å². The van der Waals surface area contributed by atoms with Crippen LogP contribution in [0, 0.1) is 13.8 Å². The third-order valence-corrected chi connectivity index (χ3v) is 7.34. The maximum absolute atomic E-state index is 13.3. The van der Waals surface area contributed by atoms with E-state index in [1.807, 2.05) is 6.92 Å². The average Bonchev–Trinajstić information content (AvgIpc) is 3.55. The topological polar surface area (TPSA) is 44.3 Å². The number of fused-ring (bicyclic) bond motifs is 1. The van der Waals surface area contributed by atoms with Gasteiger partial charge in [-0.15, -0.1) is 5.10 Å². The molecule has 1 spiro atoms. The van der Waals surface area contributed by atoms with Gasteiger partial charge in [0.05, 0.1) is 11.3 Å². The number of likely N-dealkylation sites (N-methyl/N-ethyl adjacent to an activating group) is 1. The molecule has 1 aliphatic carbocycles. The number of halogens is 3. The summed E-state index contributed by atoms with van der Waals surface area (Å²) >= 11 is 0. The van der Waals surface area contributed by atoms with Gasteiger partial charge >= 0.3 is 6.18 Å². The molecule has 1 saturated heterocycles. The molecule has 1 aliphatic heterocycles. The van der Waals surface area contributed by atoms with E-state index in [0.29, 0.717) is 16.9 Å². The molecule has 8 heteroatoms. The summed E-state index contributed by atoms with van der Waals surface area (Å²) in [6.45, 7) is 6.69. The van der Waals surface area contributed by atoms with Crippen molar-refractivity contribution in [1.82, 2.24) is 15.1 Å². The van der Waals surface area contributed by atoms with Crippen molar-refractivity contribution in [2.45, 2.75) is 44.9 Å². The van der Waals surface area contributed by atoms with E-state index in [9.17, 15) is 13.2 Å². The molecule has 0 radical (unpaired) electrons. The van der Waals surface area contributed by atoms with Gasteiger partial charge in [0, 0.05) is 48.2 Å². The Morgan fingerprint density at radius 2 is 1.82 bits per heavy atom. The molecule has 0 bridgehead atoms. The van der Waals surface area contributed by atoms with E-state index >= 15 is 0 Å². The maximum Gasteiger partial charge on any atom is 0.416 e. The van der Waals surface area contributed by atoms with Crippen molar-refractivity contribution in [3.63, 3.8) is 0 Å². The number of piperazine rings is 1. The van der Waals surface area contributed by atoms with Gasteiger partial charge in [0.15, 0.2) is 5.82 Å². The maximum atomic E-state index is 13.3. The van der Waals surface area contributed by atoms with Crippen LogP contribution in [-0.2, 0) is 12.7 Å². The van der Waals surface area contributed by atoms with Gasteiger partial charge < -0.3 is 10.2 Å². The Morgan fingerprint density at radius 1 is 1.03 bits per heavy atom. The second kappa shape index (κ2) is 7.87. The van der Waals surface area contributed by atoms with Gasteiger partial charge in [-0.05, 0) is 63.1 Å². The van der Waals surface area contributed by atoms with Crippen LogP contribution in [0.5, 0.6) is 0 Å². The number of nitrogens with zero attached hydrogens (tertiary/aromatic N) is 4. The molecule has 5 rings (SSSR count). The number of anilines is 2. The van der Waals surface area contributed by atoms with Crippen LogP contribution < -0.4 is 10.2 Å². The highest BCUT2D eigenvalue weighted by atomic mass is 19.4. The summed E-state index contributed by atoms with van der Waals surface area (Å²) in [4.78, 5) is 4.91. The second-order valence-electron chi connectivity index (χ2n) is 9.37. The molecular formula is C25H28F3N5. The fraction of sp³-hybridized carbons (Fsp3) is 0.440. The summed E-state index contributed by atoms with van der Waals surface area (Å²) < 4.78 is 39.9. The molecule has 2 fully saturated rings. The number of hydrogen-bond acceptors (Lipinski definition) is 5. The molecule has 2 heterocycles. The fourth-order valence-electron chi connectivity index (χ4n) is 4.93. The molecule has 3 aromatic rings. The largest absolute Gasteiger partial charge is 0.416 e. The minimum absolute atomic E-state index is 0.231. The smallest absolute Gasteiger partial charge is 0.368 e. The van der Waals surface area contributed by atoms with Crippen molar-refractivity contribution >= 4 is 22.3 Å².